The van der Waals surface area contributed by atoms with Crippen molar-refractivity contribution in [2.75, 3.05) is 13.1 Å². The minimum Gasteiger partial charge on any atom is -0.337 e. The van der Waals surface area contributed by atoms with E-state index < -0.39 is 17.2 Å². The van der Waals surface area contributed by atoms with Crippen molar-refractivity contribution in [1.29, 1.82) is 0 Å². The maximum Gasteiger partial charge on any atom is 0.413 e. The molecule has 1 saturated carbocycles. The molecule has 1 aromatic heterocycles. The fraction of sp³-hybridized carbons (Fsp3) is 0.550. The van der Waals surface area contributed by atoms with E-state index in [9.17, 15) is 18.0 Å². The summed E-state index contributed by atoms with van der Waals surface area (Å²) >= 11 is 0. The summed E-state index contributed by atoms with van der Waals surface area (Å²) in [6.45, 7) is 2.94. The summed E-state index contributed by atoms with van der Waals surface area (Å²) in [6.07, 6.45) is 3.69. The lowest BCUT2D eigenvalue weighted by Crippen LogP contribution is -2.37. The Balaban J connectivity index is 1.46. The molecule has 2 heterocycles. The van der Waals surface area contributed by atoms with Gasteiger partial charge in [-0.05, 0) is 49.1 Å². The molecule has 7 heteroatoms. The summed E-state index contributed by atoms with van der Waals surface area (Å²) in [7, 11) is 0. The molecule has 0 spiro atoms. The average Bonchev–Trinajstić information content (AvgIpc) is 3.21. The van der Waals surface area contributed by atoms with E-state index in [0.29, 0.717) is 25.2 Å². The van der Waals surface area contributed by atoms with Crippen molar-refractivity contribution >= 4 is 5.91 Å². The molecule has 3 aliphatic rings. The van der Waals surface area contributed by atoms with Crippen molar-refractivity contribution in [2.24, 2.45) is 23.2 Å². The van der Waals surface area contributed by atoms with Crippen molar-refractivity contribution in [3.05, 3.63) is 47.8 Å². The van der Waals surface area contributed by atoms with Crippen LogP contribution >= 0.6 is 0 Å². The van der Waals surface area contributed by atoms with Gasteiger partial charge in [-0.25, -0.2) is 0 Å². The largest absolute Gasteiger partial charge is 0.413 e. The Morgan fingerprint density at radius 3 is 2.56 bits per heavy atom. The summed E-state index contributed by atoms with van der Waals surface area (Å²) in [6, 6.07) is 3.32. The number of aromatic nitrogens is 2. The van der Waals surface area contributed by atoms with Crippen LogP contribution in [0, 0.1) is 23.2 Å². The number of hydrogen-bond donors (Lipinski definition) is 0. The number of hydrogen-bond acceptors (Lipinski definition) is 3. The van der Waals surface area contributed by atoms with E-state index >= 15 is 0 Å². The highest BCUT2D eigenvalue weighted by Crippen LogP contribution is 2.56. The molecule has 1 aromatic rings. The van der Waals surface area contributed by atoms with Crippen molar-refractivity contribution in [2.45, 2.75) is 32.4 Å². The van der Waals surface area contributed by atoms with Gasteiger partial charge in [-0.3, -0.25) is 4.79 Å². The molecule has 27 heavy (non-hydrogen) atoms. The van der Waals surface area contributed by atoms with Crippen LogP contribution in [-0.4, -0.2) is 40.3 Å². The number of alkyl halides is 3. The smallest absolute Gasteiger partial charge is 0.337 e. The van der Waals surface area contributed by atoms with Crippen LogP contribution in [0.4, 0.5) is 13.2 Å². The summed E-state index contributed by atoms with van der Waals surface area (Å²) < 4.78 is 40.7. The number of nitrogens with zero attached hydrogens (tertiary/aromatic N) is 3. The van der Waals surface area contributed by atoms with E-state index in [-0.39, 0.29) is 23.7 Å². The highest BCUT2D eigenvalue weighted by molar-refractivity contribution is 5.92. The first-order valence-electron chi connectivity index (χ1n) is 9.30. The van der Waals surface area contributed by atoms with E-state index in [4.69, 9.17) is 0 Å². The molecule has 1 amide bonds. The van der Waals surface area contributed by atoms with Crippen molar-refractivity contribution in [1.82, 2.24) is 15.1 Å². The van der Waals surface area contributed by atoms with Crippen LogP contribution in [0.1, 0.15) is 36.7 Å². The van der Waals surface area contributed by atoms with Crippen LogP contribution in [0.2, 0.25) is 0 Å². The molecule has 0 N–H and O–H groups in total. The lowest BCUT2D eigenvalue weighted by atomic mass is 9.66. The standard InChI is InChI=1S/C20H22F3N3O/c1-19(7-3-2-6-17(19)20(21,22)23)15-9-13-11-26(12-14(13)10-15)18(27)16-5-4-8-24-25-16/h2-6,8,13-15H,7,9-12H2,1H3/t13-,14+,15-,19?. The van der Waals surface area contributed by atoms with Crippen LogP contribution in [0.3, 0.4) is 0 Å². The Hall–Kier alpha value is -2.18. The Labute approximate surface area is 156 Å². The number of likely N-dealkylation sites (tertiary alicyclic amines) is 1. The quantitative estimate of drug-likeness (QED) is 0.782. The highest BCUT2D eigenvalue weighted by Gasteiger charge is 2.54. The fourth-order valence-corrected chi connectivity index (χ4v) is 5.15. The third-order valence-electron chi connectivity index (χ3n) is 6.59. The van der Waals surface area contributed by atoms with Gasteiger partial charge in [0.15, 0.2) is 5.69 Å². The Bertz CT molecular complexity index is 775. The first-order valence-corrected chi connectivity index (χ1v) is 9.30. The number of rotatable bonds is 2. The lowest BCUT2D eigenvalue weighted by Gasteiger charge is -2.40. The average molecular weight is 377 g/mol. The van der Waals surface area contributed by atoms with Gasteiger partial charge in [0.25, 0.3) is 5.91 Å². The number of allylic oxidation sites excluding steroid dienone is 4. The first kappa shape index (κ1) is 18.2. The fourth-order valence-electron chi connectivity index (χ4n) is 5.15. The van der Waals surface area contributed by atoms with Gasteiger partial charge in [-0.15, -0.1) is 5.10 Å². The van der Waals surface area contributed by atoms with Gasteiger partial charge < -0.3 is 4.90 Å². The van der Waals surface area contributed by atoms with Gasteiger partial charge in [0.1, 0.15) is 0 Å². The molecule has 2 aliphatic carbocycles. The lowest BCUT2D eigenvalue weighted by molar-refractivity contribution is -0.111. The molecule has 0 bridgehead atoms. The minimum atomic E-state index is -4.30. The third kappa shape index (κ3) is 3.17. The molecule has 2 fully saturated rings. The molecule has 1 aliphatic heterocycles. The Morgan fingerprint density at radius 1 is 1.26 bits per heavy atom. The number of carbonyl (C=O) groups excluding carboxylic acids is 1. The van der Waals surface area contributed by atoms with E-state index in [2.05, 4.69) is 10.2 Å². The molecular formula is C20H22F3N3O. The zero-order valence-corrected chi connectivity index (χ0v) is 15.1. The second-order valence-electron chi connectivity index (χ2n) is 8.14. The van der Waals surface area contributed by atoms with Gasteiger partial charge in [0.05, 0.1) is 0 Å². The van der Waals surface area contributed by atoms with Crippen molar-refractivity contribution in [3.63, 3.8) is 0 Å². The number of fused-ring (bicyclic) bond motifs is 1. The molecular weight excluding hydrogens is 355 g/mol. The number of amides is 1. The molecule has 4 nitrogen and oxygen atoms in total. The third-order valence-corrected chi connectivity index (χ3v) is 6.59. The SMILES string of the molecule is CC1([C@@H]2C[C@@H]3CN(C(=O)c4cccnn4)C[C@@H]3C2)CC=CC=C1C(F)(F)F. The predicted molar refractivity (Wildman–Crippen MR) is 93.6 cm³/mol. The monoisotopic (exact) mass is 377 g/mol. The second-order valence-corrected chi connectivity index (χ2v) is 8.14. The normalized spacial score (nSPS) is 33.1. The van der Waals surface area contributed by atoms with Gasteiger partial charge in [0, 0.05) is 30.3 Å². The van der Waals surface area contributed by atoms with Gasteiger partial charge in [0.2, 0.25) is 0 Å². The van der Waals surface area contributed by atoms with Gasteiger partial charge in [-0.1, -0.05) is 25.2 Å². The molecule has 1 saturated heterocycles. The van der Waals surface area contributed by atoms with Crippen molar-refractivity contribution < 1.29 is 18.0 Å². The molecule has 4 rings (SSSR count). The number of halogens is 3. The van der Waals surface area contributed by atoms with Crippen LogP contribution < -0.4 is 0 Å². The van der Waals surface area contributed by atoms with E-state index in [0.717, 1.165) is 12.8 Å². The highest BCUT2D eigenvalue weighted by atomic mass is 19.4. The van der Waals surface area contributed by atoms with Crippen LogP contribution in [-0.2, 0) is 0 Å². The minimum absolute atomic E-state index is 0.0147. The van der Waals surface area contributed by atoms with Crippen LogP contribution in [0.15, 0.2) is 42.1 Å². The summed E-state index contributed by atoms with van der Waals surface area (Å²) in [5.74, 6) is 0.358. The maximum absolute atomic E-state index is 13.6. The molecule has 0 aromatic carbocycles. The predicted octanol–water partition coefficient (Wildman–Crippen LogP) is 4.03. The maximum atomic E-state index is 13.6. The zero-order chi connectivity index (χ0) is 19.2. The molecule has 1 unspecified atom stereocenters. The first-order chi connectivity index (χ1) is 12.8. The number of carbonyl (C=O) groups is 1. The zero-order valence-electron chi connectivity index (χ0n) is 15.1. The second kappa shape index (κ2) is 6.46. The van der Waals surface area contributed by atoms with Crippen LogP contribution in [0.5, 0.6) is 0 Å². The summed E-state index contributed by atoms with van der Waals surface area (Å²) in [5, 5.41) is 7.62. The van der Waals surface area contributed by atoms with E-state index in [1.54, 1.807) is 24.0 Å². The molecule has 4 atom stereocenters. The summed E-state index contributed by atoms with van der Waals surface area (Å²) in [4.78, 5) is 14.3. The topological polar surface area (TPSA) is 46.1 Å². The van der Waals surface area contributed by atoms with Gasteiger partial charge >= 0.3 is 6.18 Å². The van der Waals surface area contributed by atoms with E-state index in [1.807, 2.05) is 6.08 Å². The Morgan fingerprint density at radius 2 is 1.96 bits per heavy atom. The van der Waals surface area contributed by atoms with Crippen LogP contribution in [0.25, 0.3) is 0 Å². The van der Waals surface area contributed by atoms with E-state index in [1.165, 1.54) is 18.3 Å². The molecule has 144 valence electrons. The van der Waals surface area contributed by atoms with Crippen molar-refractivity contribution in [3.8, 4) is 0 Å². The summed E-state index contributed by atoms with van der Waals surface area (Å²) in [5.41, 5.74) is -0.965. The molecule has 0 radical (unpaired) electrons. The Kier molecular flexibility index (Phi) is 4.35. The van der Waals surface area contributed by atoms with Gasteiger partial charge in [-0.2, -0.15) is 18.3 Å².